The zero-order chi connectivity index (χ0) is 31.6. The number of benzene rings is 2. The number of aryl methyl sites for hydroxylation is 1. The van der Waals surface area contributed by atoms with E-state index in [0.717, 1.165) is 6.54 Å². The average Bonchev–Trinajstić information content (AvgIpc) is 2.92. The van der Waals surface area contributed by atoms with E-state index in [1.807, 2.05) is 4.90 Å². The molecule has 0 aliphatic carbocycles. The fourth-order valence-electron chi connectivity index (χ4n) is 5.31. The van der Waals surface area contributed by atoms with Gasteiger partial charge in [0.25, 0.3) is 5.91 Å². The highest BCUT2D eigenvalue weighted by atomic mass is 35.5. The number of carbonyl (C=O) groups is 1. The summed E-state index contributed by atoms with van der Waals surface area (Å²) in [4.78, 5) is 19.1. The number of rotatable bonds is 5. The number of ether oxygens (including phenoxy) is 1. The van der Waals surface area contributed by atoms with Crippen molar-refractivity contribution in [1.29, 1.82) is 0 Å². The van der Waals surface area contributed by atoms with Crippen LogP contribution in [0.25, 0.3) is 0 Å². The minimum absolute atomic E-state index is 0. The Hall–Kier alpha value is -2.69. The molecular weight excluding hydrogens is 647 g/mol. The molecule has 2 fully saturated rings. The molecule has 250 valence electrons. The number of morpholine rings is 1. The molecule has 2 aliphatic rings. The summed E-state index contributed by atoms with van der Waals surface area (Å²) in [6.07, 6.45) is -9.90. The molecule has 0 saturated carbocycles. The van der Waals surface area contributed by atoms with Crippen LogP contribution in [0.2, 0.25) is 0 Å². The van der Waals surface area contributed by atoms with E-state index >= 15 is 0 Å². The van der Waals surface area contributed by atoms with Crippen molar-refractivity contribution in [3.05, 3.63) is 64.2 Å². The van der Waals surface area contributed by atoms with Crippen molar-refractivity contribution in [3.63, 3.8) is 0 Å². The first kappa shape index (κ1) is 38.5. The summed E-state index contributed by atoms with van der Waals surface area (Å²) < 4.78 is 86.5. The second-order valence-corrected chi connectivity index (χ2v) is 11.6. The molecule has 2 heterocycles. The van der Waals surface area contributed by atoms with Gasteiger partial charge in [0.1, 0.15) is 5.75 Å². The largest absolute Gasteiger partial charge is 0.508 e. The van der Waals surface area contributed by atoms with Crippen LogP contribution in [0.5, 0.6) is 5.75 Å². The van der Waals surface area contributed by atoms with Crippen molar-refractivity contribution in [3.8, 4) is 17.6 Å². The number of hydrogen-bond donors (Lipinski definition) is 1. The molecule has 6 nitrogen and oxygen atoms in total. The van der Waals surface area contributed by atoms with Crippen molar-refractivity contribution >= 4 is 30.7 Å². The molecule has 1 atom stereocenters. The van der Waals surface area contributed by atoms with E-state index in [0.29, 0.717) is 62.7 Å². The van der Waals surface area contributed by atoms with Crippen LogP contribution in [0.4, 0.5) is 26.3 Å². The van der Waals surface area contributed by atoms with Crippen LogP contribution in [-0.4, -0.2) is 89.8 Å². The topological polar surface area (TPSA) is 56.2 Å². The van der Waals surface area contributed by atoms with Crippen molar-refractivity contribution in [2.45, 2.75) is 51.1 Å². The van der Waals surface area contributed by atoms with Gasteiger partial charge in [-0.25, -0.2) is 0 Å². The average molecular weight is 685 g/mol. The molecule has 2 aliphatic heterocycles. The Bertz CT molecular complexity index is 1360. The number of carbonyl (C=O) groups excluding carboxylic acids is 1. The summed E-state index contributed by atoms with van der Waals surface area (Å²) in [5.41, 5.74) is -2.58. The van der Waals surface area contributed by atoms with Crippen molar-refractivity contribution in [1.82, 2.24) is 14.7 Å². The number of halogens is 8. The van der Waals surface area contributed by atoms with E-state index in [4.69, 9.17) is 4.74 Å². The van der Waals surface area contributed by atoms with Crippen molar-refractivity contribution in [2.24, 2.45) is 0 Å². The van der Waals surface area contributed by atoms with Gasteiger partial charge in [0, 0.05) is 43.3 Å². The van der Waals surface area contributed by atoms with Gasteiger partial charge < -0.3 is 14.7 Å². The van der Waals surface area contributed by atoms with Crippen LogP contribution in [-0.2, 0) is 23.5 Å². The smallest absolute Gasteiger partial charge is 0.416 e. The fraction of sp³-hybridized carbons (Fsp3) is 0.516. The third-order valence-electron chi connectivity index (χ3n) is 7.92. The molecule has 1 N–H and O–H groups in total. The molecule has 0 bridgehead atoms. The number of amides is 1. The zero-order valence-electron chi connectivity index (χ0n) is 25.1. The maximum atomic E-state index is 13.6. The monoisotopic (exact) mass is 683 g/mol. The number of hydrogen-bond acceptors (Lipinski definition) is 5. The molecule has 2 saturated heterocycles. The van der Waals surface area contributed by atoms with E-state index in [2.05, 4.69) is 30.6 Å². The maximum absolute atomic E-state index is 13.6. The van der Waals surface area contributed by atoms with Gasteiger partial charge in [-0.05, 0) is 62.6 Å². The van der Waals surface area contributed by atoms with E-state index < -0.39 is 41.0 Å². The lowest BCUT2D eigenvalue weighted by Gasteiger charge is -2.41. The third kappa shape index (κ3) is 9.90. The second kappa shape index (κ2) is 15.3. The first-order valence-corrected chi connectivity index (χ1v) is 13.9. The van der Waals surface area contributed by atoms with E-state index in [-0.39, 0.29) is 55.1 Å². The Morgan fingerprint density at radius 2 is 1.58 bits per heavy atom. The Labute approximate surface area is 271 Å². The predicted molar refractivity (Wildman–Crippen MR) is 163 cm³/mol. The van der Waals surface area contributed by atoms with Gasteiger partial charge in [-0.2, -0.15) is 26.3 Å². The Balaban J connectivity index is 0.00000353. The van der Waals surface area contributed by atoms with E-state index in [1.54, 1.807) is 25.1 Å². The molecule has 14 heteroatoms. The lowest BCUT2D eigenvalue weighted by Crippen LogP contribution is -2.56. The first-order chi connectivity index (χ1) is 20.0. The summed E-state index contributed by atoms with van der Waals surface area (Å²) in [5, 5.41) is 10.2. The molecule has 4 rings (SSSR count). The van der Waals surface area contributed by atoms with Crippen LogP contribution >= 0.6 is 24.8 Å². The van der Waals surface area contributed by atoms with Gasteiger partial charge in [-0.15, -0.1) is 24.8 Å². The highest BCUT2D eigenvalue weighted by Gasteiger charge is 2.39. The fourth-order valence-corrected chi connectivity index (χ4v) is 5.31. The SMILES string of the molecule is Cc1ccc(CC2CN(CC#CCN3CCOCC3(C)C)CCN2C(=O)c2cc(C(F)(F)F)cc(C(F)(F)F)c2)cc1O.Cl.Cl. The summed E-state index contributed by atoms with van der Waals surface area (Å²) in [6, 6.07) is 5.39. The Morgan fingerprint density at radius 3 is 2.16 bits per heavy atom. The number of aromatic hydroxyl groups is 1. The van der Waals surface area contributed by atoms with Gasteiger partial charge in [0.2, 0.25) is 0 Å². The normalized spacial score (nSPS) is 19.1. The van der Waals surface area contributed by atoms with Gasteiger partial charge in [-0.3, -0.25) is 14.6 Å². The molecule has 2 aromatic rings. The van der Waals surface area contributed by atoms with Crippen LogP contribution in [0, 0.1) is 18.8 Å². The first-order valence-electron chi connectivity index (χ1n) is 13.9. The molecular formula is C31H37Cl2F6N3O3. The van der Waals surface area contributed by atoms with Gasteiger partial charge in [-0.1, -0.05) is 24.0 Å². The Kier molecular flexibility index (Phi) is 13.1. The maximum Gasteiger partial charge on any atom is 0.416 e. The second-order valence-electron chi connectivity index (χ2n) is 11.6. The molecule has 0 radical (unpaired) electrons. The molecule has 45 heavy (non-hydrogen) atoms. The van der Waals surface area contributed by atoms with E-state index in [1.165, 1.54) is 4.90 Å². The summed E-state index contributed by atoms with van der Waals surface area (Å²) in [7, 11) is 0. The highest BCUT2D eigenvalue weighted by molar-refractivity contribution is 5.95. The third-order valence-corrected chi connectivity index (χ3v) is 7.92. The number of phenols is 1. The van der Waals surface area contributed by atoms with Crippen LogP contribution in [0.3, 0.4) is 0 Å². The molecule has 0 aromatic heterocycles. The standard InChI is InChI=1S/C31H35F6N3O3.2ClH/c1-21-6-7-22(15-27(21)41)14-26-19-38(8-4-5-9-39-12-13-43-20-29(39,2)3)10-11-40(26)28(42)23-16-24(30(32,33)34)18-25(17-23)31(35,36)37;;/h6-7,15-18,26,41H,8-14,19-20H2,1-3H3;2*1H. The van der Waals surface area contributed by atoms with Gasteiger partial charge >= 0.3 is 12.4 Å². The predicted octanol–water partition coefficient (Wildman–Crippen LogP) is 6.07. The quantitative estimate of drug-likeness (QED) is 0.307. The molecule has 0 spiro atoms. The number of piperazine rings is 1. The van der Waals surface area contributed by atoms with Gasteiger partial charge in [0.15, 0.2) is 0 Å². The van der Waals surface area contributed by atoms with Crippen LogP contribution in [0.1, 0.15) is 46.5 Å². The number of alkyl halides is 6. The zero-order valence-corrected chi connectivity index (χ0v) is 26.7. The van der Waals surface area contributed by atoms with Crippen LogP contribution < -0.4 is 0 Å². The Morgan fingerprint density at radius 1 is 0.956 bits per heavy atom. The van der Waals surface area contributed by atoms with Gasteiger partial charge in [0.05, 0.1) is 37.4 Å². The van der Waals surface area contributed by atoms with Crippen LogP contribution in [0.15, 0.2) is 36.4 Å². The number of phenolic OH excluding ortho intramolecular Hbond substituents is 1. The minimum atomic E-state index is -5.07. The lowest BCUT2D eigenvalue weighted by molar-refractivity contribution is -0.143. The van der Waals surface area contributed by atoms with Crippen molar-refractivity contribution in [2.75, 3.05) is 52.5 Å². The van der Waals surface area contributed by atoms with E-state index in [9.17, 15) is 36.2 Å². The summed E-state index contributed by atoms with van der Waals surface area (Å²) in [6.45, 7) is 9.54. The molecule has 1 amide bonds. The summed E-state index contributed by atoms with van der Waals surface area (Å²) >= 11 is 0. The lowest BCUT2D eigenvalue weighted by atomic mass is 9.98. The number of nitrogens with zero attached hydrogens (tertiary/aromatic N) is 3. The molecule has 1 unspecified atom stereocenters. The summed E-state index contributed by atoms with van der Waals surface area (Å²) in [5.74, 6) is 5.48. The minimum Gasteiger partial charge on any atom is -0.508 e. The highest BCUT2D eigenvalue weighted by Crippen LogP contribution is 2.37. The molecule has 2 aromatic carbocycles. The van der Waals surface area contributed by atoms with Crippen molar-refractivity contribution < 1.29 is 41.0 Å².